The number of amides is 4. The minimum Gasteiger partial charge on any atom is -0.345 e. The van der Waals surface area contributed by atoms with Crippen molar-refractivity contribution in [1.82, 2.24) is 15.1 Å². The number of hydrogen-bond donors (Lipinski definition) is 2. The van der Waals surface area contributed by atoms with Crippen molar-refractivity contribution in [3.63, 3.8) is 0 Å². The molecule has 2 aliphatic heterocycles. The van der Waals surface area contributed by atoms with Gasteiger partial charge in [0.05, 0.1) is 13.0 Å². The van der Waals surface area contributed by atoms with E-state index < -0.39 is 53.7 Å². The van der Waals surface area contributed by atoms with E-state index in [1.165, 1.54) is 4.90 Å². The van der Waals surface area contributed by atoms with Gasteiger partial charge < -0.3 is 15.5 Å². The van der Waals surface area contributed by atoms with Crippen molar-refractivity contribution in [3.05, 3.63) is 41.2 Å². The van der Waals surface area contributed by atoms with Crippen LogP contribution in [-0.4, -0.2) is 71.2 Å². The van der Waals surface area contributed by atoms with Gasteiger partial charge in [-0.1, -0.05) is 39.0 Å². The molecule has 37 heavy (non-hydrogen) atoms. The summed E-state index contributed by atoms with van der Waals surface area (Å²) in [6, 6.07) is 5.45. The normalized spacial score (nSPS) is 23.4. The summed E-state index contributed by atoms with van der Waals surface area (Å²) >= 11 is 0. The third-order valence-corrected chi connectivity index (χ3v) is 7.06. The molecule has 4 amide bonds. The summed E-state index contributed by atoms with van der Waals surface area (Å²) in [5.74, 6) is -3.29. The lowest BCUT2D eigenvalue weighted by atomic mass is 9.80. The maximum Gasteiger partial charge on any atom is 0.312 e. The first-order valence-corrected chi connectivity index (χ1v) is 12.3. The maximum absolute atomic E-state index is 14.0. The van der Waals surface area contributed by atoms with Crippen LogP contribution in [0.2, 0.25) is 0 Å². The molecule has 0 bridgehead atoms. The van der Waals surface area contributed by atoms with Crippen molar-refractivity contribution >= 4 is 29.3 Å². The number of carbonyl (C=O) groups excluding carboxylic acids is 4. The molecule has 2 N–H and O–H groups in total. The van der Waals surface area contributed by atoms with Crippen molar-refractivity contribution < 1.29 is 28.0 Å². The average Bonchev–Trinajstić information content (AvgIpc) is 3.49. The van der Waals surface area contributed by atoms with Crippen LogP contribution in [0.3, 0.4) is 0 Å². The lowest BCUT2D eigenvalue weighted by molar-refractivity contribution is -0.155. The quantitative estimate of drug-likeness (QED) is 0.449. The highest BCUT2D eigenvalue weighted by Crippen LogP contribution is 2.47. The zero-order chi connectivity index (χ0) is 27.1. The van der Waals surface area contributed by atoms with Gasteiger partial charge in [-0.25, -0.2) is 15.4 Å². The van der Waals surface area contributed by atoms with Crippen molar-refractivity contribution in [2.75, 3.05) is 18.4 Å². The largest absolute Gasteiger partial charge is 0.345 e. The number of halogens is 2. The molecular formula is C26H31F2N5O4. The molecule has 3 aliphatic rings. The van der Waals surface area contributed by atoms with E-state index >= 15 is 0 Å². The first-order chi connectivity index (χ1) is 17.4. The highest BCUT2D eigenvalue weighted by atomic mass is 19.3. The Morgan fingerprint density at radius 3 is 2.54 bits per heavy atom. The third-order valence-electron chi connectivity index (χ3n) is 7.06. The number of hydrogen-bond acceptors (Lipinski definition) is 4. The second-order valence-corrected chi connectivity index (χ2v) is 11.2. The molecule has 1 aliphatic carbocycles. The Morgan fingerprint density at radius 1 is 1.27 bits per heavy atom. The summed E-state index contributed by atoms with van der Waals surface area (Å²) in [6.45, 7) is 11.9. The van der Waals surface area contributed by atoms with Crippen LogP contribution in [0.25, 0.3) is 4.85 Å². The van der Waals surface area contributed by atoms with Gasteiger partial charge in [0.25, 0.3) is 12.3 Å². The van der Waals surface area contributed by atoms with E-state index in [9.17, 15) is 28.0 Å². The van der Waals surface area contributed by atoms with Crippen LogP contribution in [0.4, 0.5) is 14.5 Å². The molecule has 2 heterocycles. The molecule has 1 aromatic carbocycles. The number of para-hydroxylation sites is 1. The molecule has 1 saturated heterocycles. The van der Waals surface area contributed by atoms with Gasteiger partial charge in [0.1, 0.15) is 11.5 Å². The number of nitrogens with zero attached hydrogens (tertiary/aromatic N) is 3. The van der Waals surface area contributed by atoms with Crippen molar-refractivity contribution in [1.29, 1.82) is 0 Å². The SMILES string of the molecule is [C-]#[N+][C@@H]1C[C@@]2(CN1C(=O)[C@H](CC(C)(C)C)N(CC(F)F)C(=O)C(=O)NC1CC1)C(=O)Nc1ccccc12. The number of benzene rings is 1. The van der Waals surface area contributed by atoms with E-state index in [4.69, 9.17) is 6.57 Å². The fourth-order valence-corrected chi connectivity index (χ4v) is 5.16. The van der Waals surface area contributed by atoms with E-state index in [0.29, 0.717) is 29.0 Å². The summed E-state index contributed by atoms with van der Waals surface area (Å²) in [5, 5.41) is 5.32. The molecule has 1 saturated carbocycles. The summed E-state index contributed by atoms with van der Waals surface area (Å²) in [5.41, 5.74) is -0.478. The monoisotopic (exact) mass is 515 g/mol. The van der Waals surface area contributed by atoms with E-state index in [1.54, 1.807) is 45.0 Å². The zero-order valence-electron chi connectivity index (χ0n) is 21.1. The highest BCUT2D eigenvalue weighted by molar-refractivity contribution is 6.35. The average molecular weight is 516 g/mol. The molecular weight excluding hydrogens is 484 g/mol. The van der Waals surface area contributed by atoms with E-state index in [1.807, 2.05) is 0 Å². The standard InChI is InChI=1S/C26H31F2N5O4/c1-25(2,3)11-18(32(13-19(27)28)23(36)21(34)30-15-9-10-15)22(35)33-14-26(12-20(33)29-4)16-7-5-6-8-17(16)31-24(26)37/h5-8,15,18-20H,9-14H2,1-3H3,(H,30,34)(H,31,37)/t18-,20-,26-/m0/s1. The predicted octanol–water partition coefficient (Wildman–Crippen LogP) is 2.53. The van der Waals surface area contributed by atoms with E-state index in [0.717, 1.165) is 0 Å². The Labute approximate surface area is 214 Å². The minimum atomic E-state index is -2.98. The first kappa shape index (κ1) is 26.5. The van der Waals surface area contributed by atoms with Gasteiger partial charge in [-0.15, -0.1) is 0 Å². The Hall–Kier alpha value is -3.55. The van der Waals surface area contributed by atoms with Crippen LogP contribution in [0, 0.1) is 12.0 Å². The van der Waals surface area contributed by atoms with Gasteiger partial charge in [0.2, 0.25) is 5.91 Å². The molecule has 1 spiro atoms. The Morgan fingerprint density at radius 2 is 1.95 bits per heavy atom. The second kappa shape index (κ2) is 9.72. The van der Waals surface area contributed by atoms with Crippen LogP contribution < -0.4 is 10.6 Å². The maximum atomic E-state index is 14.0. The Bertz CT molecular complexity index is 1160. The van der Waals surface area contributed by atoms with Crippen molar-refractivity contribution in [2.45, 2.75) is 76.5 Å². The van der Waals surface area contributed by atoms with Crippen LogP contribution in [-0.2, 0) is 24.6 Å². The third kappa shape index (κ3) is 5.29. The molecule has 0 unspecified atom stereocenters. The molecule has 11 heteroatoms. The molecule has 0 radical (unpaired) electrons. The molecule has 4 rings (SSSR count). The van der Waals surface area contributed by atoms with Gasteiger partial charge in [-0.2, -0.15) is 0 Å². The van der Waals surface area contributed by atoms with Crippen LogP contribution in [0.15, 0.2) is 24.3 Å². The minimum absolute atomic E-state index is 0.0159. The second-order valence-electron chi connectivity index (χ2n) is 11.2. The van der Waals surface area contributed by atoms with Crippen molar-refractivity contribution in [2.24, 2.45) is 5.41 Å². The number of alkyl halides is 2. The molecule has 0 aromatic heterocycles. The van der Waals surface area contributed by atoms with E-state index in [2.05, 4.69) is 15.5 Å². The zero-order valence-corrected chi connectivity index (χ0v) is 21.1. The highest BCUT2D eigenvalue weighted by Gasteiger charge is 2.59. The number of fused-ring (bicyclic) bond motifs is 2. The molecule has 3 atom stereocenters. The number of anilines is 1. The lowest BCUT2D eigenvalue weighted by Gasteiger charge is -2.36. The number of rotatable bonds is 6. The van der Waals surface area contributed by atoms with Gasteiger partial charge >= 0.3 is 18.0 Å². The van der Waals surface area contributed by atoms with Gasteiger partial charge in [-0.05, 0) is 36.3 Å². The smallest absolute Gasteiger partial charge is 0.312 e. The molecule has 2 fully saturated rings. The lowest BCUT2D eigenvalue weighted by Crippen LogP contribution is -2.57. The fourth-order valence-electron chi connectivity index (χ4n) is 5.16. The van der Waals surface area contributed by atoms with Crippen LogP contribution in [0.1, 0.15) is 52.0 Å². The first-order valence-electron chi connectivity index (χ1n) is 12.3. The number of carbonyl (C=O) groups is 4. The van der Waals surface area contributed by atoms with Crippen LogP contribution >= 0.6 is 0 Å². The molecule has 1 aromatic rings. The van der Waals surface area contributed by atoms with Crippen molar-refractivity contribution in [3.8, 4) is 0 Å². The van der Waals surface area contributed by atoms with Gasteiger partial charge in [0.15, 0.2) is 0 Å². The summed E-state index contributed by atoms with van der Waals surface area (Å²) < 4.78 is 27.3. The summed E-state index contributed by atoms with van der Waals surface area (Å²) in [6.07, 6.45) is -2.59. The van der Waals surface area contributed by atoms with E-state index in [-0.39, 0.29) is 31.3 Å². The summed E-state index contributed by atoms with van der Waals surface area (Å²) in [7, 11) is 0. The Kier molecular flexibility index (Phi) is 6.97. The Balaban J connectivity index is 1.69. The molecule has 9 nitrogen and oxygen atoms in total. The summed E-state index contributed by atoms with van der Waals surface area (Å²) in [4.78, 5) is 58.2. The topological polar surface area (TPSA) is 103 Å². The fraction of sp³-hybridized carbons (Fsp3) is 0.577. The van der Waals surface area contributed by atoms with Gasteiger partial charge in [-0.3, -0.25) is 28.9 Å². The molecule has 198 valence electrons. The van der Waals surface area contributed by atoms with Crippen LogP contribution in [0.5, 0.6) is 0 Å². The predicted molar refractivity (Wildman–Crippen MR) is 130 cm³/mol. The van der Waals surface area contributed by atoms with Gasteiger partial charge in [0, 0.05) is 18.3 Å². The number of likely N-dealkylation sites (tertiary alicyclic amines) is 1. The number of nitrogens with one attached hydrogen (secondary N) is 2.